The van der Waals surface area contributed by atoms with Gasteiger partial charge >= 0.3 is 0 Å². The second-order valence-corrected chi connectivity index (χ2v) is 9.35. The minimum atomic E-state index is -1.15. The van der Waals surface area contributed by atoms with E-state index in [1.807, 2.05) is 0 Å². The maximum Gasteiger partial charge on any atom is 0.223 e. The predicted molar refractivity (Wildman–Crippen MR) is 121 cm³/mol. The van der Waals surface area contributed by atoms with Crippen molar-refractivity contribution < 1.29 is 28.0 Å². The van der Waals surface area contributed by atoms with E-state index in [0.29, 0.717) is 23.1 Å². The molecule has 7 heteroatoms. The van der Waals surface area contributed by atoms with Crippen molar-refractivity contribution in [3.8, 4) is 0 Å². The zero-order valence-corrected chi connectivity index (χ0v) is 18.8. The summed E-state index contributed by atoms with van der Waals surface area (Å²) >= 11 is 0. The summed E-state index contributed by atoms with van der Waals surface area (Å²) in [5, 5.41) is 2.67. The van der Waals surface area contributed by atoms with Crippen molar-refractivity contribution >= 4 is 23.3 Å². The van der Waals surface area contributed by atoms with Gasteiger partial charge in [-0.15, -0.1) is 0 Å². The minimum absolute atomic E-state index is 0.0483. The van der Waals surface area contributed by atoms with Crippen LogP contribution < -0.4 is 5.32 Å². The highest BCUT2D eigenvalue weighted by Gasteiger charge is 2.44. The van der Waals surface area contributed by atoms with E-state index in [4.69, 9.17) is 0 Å². The summed E-state index contributed by atoms with van der Waals surface area (Å²) in [4.78, 5) is 52.2. The van der Waals surface area contributed by atoms with Crippen molar-refractivity contribution in [2.75, 3.05) is 0 Å². The van der Waals surface area contributed by atoms with Crippen molar-refractivity contribution in [2.45, 2.75) is 45.6 Å². The van der Waals surface area contributed by atoms with Crippen LogP contribution in [0, 0.1) is 23.0 Å². The molecular weight excluding hydrogens is 440 g/mol. The molecule has 0 spiro atoms. The lowest BCUT2D eigenvalue weighted by Crippen LogP contribution is -2.33. The lowest BCUT2D eigenvalue weighted by atomic mass is 9.75. The van der Waals surface area contributed by atoms with Gasteiger partial charge in [0.15, 0.2) is 17.3 Å². The molecule has 0 saturated heterocycles. The number of rotatable bonds is 5. The molecule has 0 bridgehead atoms. The quantitative estimate of drug-likeness (QED) is 0.660. The Morgan fingerprint density at radius 3 is 2.24 bits per heavy atom. The van der Waals surface area contributed by atoms with Crippen LogP contribution in [0.1, 0.15) is 54.9 Å². The van der Waals surface area contributed by atoms with Crippen LogP contribution in [0.3, 0.4) is 0 Å². The first kappa shape index (κ1) is 23.7. The fourth-order valence-corrected chi connectivity index (χ4v) is 4.88. The molecule has 2 aromatic rings. The lowest BCUT2D eigenvalue weighted by molar-refractivity contribution is -0.126. The fourth-order valence-electron chi connectivity index (χ4n) is 4.88. The molecule has 0 fully saturated rings. The van der Waals surface area contributed by atoms with Crippen molar-refractivity contribution in [2.24, 2.45) is 11.3 Å². The molecule has 2 unspecified atom stereocenters. The van der Waals surface area contributed by atoms with Crippen LogP contribution in [0.15, 0.2) is 59.7 Å². The highest BCUT2D eigenvalue weighted by Crippen LogP contribution is 2.41. The number of amides is 1. The first-order chi connectivity index (χ1) is 16.2. The largest absolute Gasteiger partial charge is 0.352 e. The van der Waals surface area contributed by atoms with Gasteiger partial charge in [-0.3, -0.25) is 19.2 Å². The average Bonchev–Trinajstić information content (AvgIpc) is 2.90. The van der Waals surface area contributed by atoms with Gasteiger partial charge in [-0.05, 0) is 37.0 Å². The Bertz CT molecular complexity index is 1180. The van der Waals surface area contributed by atoms with Gasteiger partial charge in [0.05, 0.1) is 0 Å². The number of nitrogens with one attached hydrogen (secondary N) is 1. The first-order valence-electron chi connectivity index (χ1n) is 11.3. The van der Waals surface area contributed by atoms with Crippen LogP contribution in [-0.2, 0) is 20.9 Å². The van der Waals surface area contributed by atoms with E-state index in [-0.39, 0.29) is 61.0 Å². The second-order valence-electron chi connectivity index (χ2n) is 9.35. The maximum atomic E-state index is 13.4. The SMILES string of the molecule is CC1(C(=O)c2ccccc2)CC(=O)C2=C(CC(C(=O)NCc3cc(F)cc(F)c3)CC2)C(=O)C1. The normalized spacial score (nSPS) is 22.7. The third-order valence-electron chi connectivity index (χ3n) is 6.68. The minimum Gasteiger partial charge on any atom is -0.352 e. The summed E-state index contributed by atoms with van der Waals surface area (Å²) in [6.07, 6.45) is 0.626. The fraction of sp³-hybridized carbons (Fsp3) is 0.333. The average molecular weight is 465 g/mol. The van der Waals surface area contributed by atoms with Crippen molar-refractivity contribution in [3.63, 3.8) is 0 Å². The molecule has 5 nitrogen and oxygen atoms in total. The molecule has 2 aliphatic rings. The maximum absolute atomic E-state index is 13.4. The van der Waals surface area contributed by atoms with Gasteiger partial charge in [0, 0.05) is 53.5 Å². The summed E-state index contributed by atoms with van der Waals surface area (Å²) in [6, 6.07) is 11.6. The zero-order chi connectivity index (χ0) is 24.5. The van der Waals surface area contributed by atoms with Crippen LogP contribution in [0.4, 0.5) is 8.78 Å². The molecule has 0 heterocycles. The molecule has 1 N–H and O–H groups in total. The highest BCUT2D eigenvalue weighted by molar-refractivity contribution is 6.14. The third-order valence-corrected chi connectivity index (χ3v) is 6.68. The van der Waals surface area contributed by atoms with Gasteiger partial charge in [0.2, 0.25) is 5.91 Å². The smallest absolute Gasteiger partial charge is 0.223 e. The molecule has 34 heavy (non-hydrogen) atoms. The molecule has 0 aromatic heterocycles. The van der Waals surface area contributed by atoms with E-state index in [9.17, 15) is 28.0 Å². The summed E-state index contributed by atoms with van der Waals surface area (Å²) in [5.74, 6) is -3.09. The molecule has 2 aromatic carbocycles. The van der Waals surface area contributed by atoms with E-state index in [2.05, 4.69) is 5.32 Å². The predicted octanol–water partition coefficient (Wildman–Crippen LogP) is 4.50. The number of allylic oxidation sites excluding steroid dienone is 2. The Morgan fingerprint density at radius 1 is 0.971 bits per heavy atom. The van der Waals surface area contributed by atoms with Crippen LogP contribution in [-0.4, -0.2) is 23.3 Å². The second kappa shape index (κ2) is 9.41. The topological polar surface area (TPSA) is 80.3 Å². The number of ketones is 3. The standard InChI is InChI=1S/C27H25F2NO4/c1-27(25(33)17-5-3-2-4-6-17)13-23(31)21-8-7-18(11-22(21)24(32)14-27)26(34)30-15-16-9-19(28)12-20(29)10-16/h2-6,9-10,12,18H,7-8,11,13-15H2,1H3,(H,30,34). The Labute approximate surface area is 196 Å². The number of benzene rings is 2. The number of hydrogen-bond donors (Lipinski definition) is 1. The Kier molecular flexibility index (Phi) is 6.55. The molecule has 0 radical (unpaired) electrons. The van der Waals surface area contributed by atoms with Gasteiger partial charge in [-0.1, -0.05) is 37.3 Å². The number of halogens is 2. The van der Waals surface area contributed by atoms with Gasteiger partial charge in [-0.25, -0.2) is 8.78 Å². The Morgan fingerprint density at radius 2 is 1.59 bits per heavy atom. The van der Waals surface area contributed by atoms with Crippen molar-refractivity contribution in [3.05, 3.63) is 82.4 Å². The molecule has 0 saturated carbocycles. The van der Waals surface area contributed by atoms with E-state index in [0.717, 1.165) is 18.2 Å². The number of Topliss-reactive ketones (excluding diaryl/α,β-unsaturated/α-hetero) is 3. The molecule has 0 aliphatic heterocycles. The van der Waals surface area contributed by atoms with E-state index >= 15 is 0 Å². The summed E-state index contributed by atoms with van der Waals surface area (Å²) in [6.45, 7) is 1.60. The number of hydrogen-bond acceptors (Lipinski definition) is 4. The van der Waals surface area contributed by atoms with Gasteiger partial charge < -0.3 is 5.32 Å². The first-order valence-corrected chi connectivity index (χ1v) is 11.3. The summed E-state index contributed by atoms with van der Waals surface area (Å²) in [5.41, 5.74) is 0.351. The van der Waals surface area contributed by atoms with Gasteiger partial charge in [0.25, 0.3) is 0 Å². The molecule has 176 valence electrons. The Balaban J connectivity index is 1.47. The van der Waals surface area contributed by atoms with E-state index in [1.54, 1.807) is 37.3 Å². The molecule has 2 atom stereocenters. The molecular formula is C27H25F2NO4. The van der Waals surface area contributed by atoms with Crippen LogP contribution in [0.5, 0.6) is 0 Å². The van der Waals surface area contributed by atoms with Gasteiger partial charge in [-0.2, -0.15) is 0 Å². The zero-order valence-electron chi connectivity index (χ0n) is 18.8. The summed E-state index contributed by atoms with van der Waals surface area (Å²) in [7, 11) is 0. The molecule has 4 rings (SSSR count). The third kappa shape index (κ3) is 4.88. The number of carbonyl (C=O) groups is 4. The van der Waals surface area contributed by atoms with Crippen LogP contribution in [0.25, 0.3) is 0 Å². The Hall–Kier alpha value is -3.48. The van der Waals surface area contributed by atoms with Crippen molar-refractivity contribution in [1.29, 1.82) is 0 Å². The monoisotopic (exact) mass is 465 g/mol. The van der Waals surface area contributed by atoms with E-state index in [1.165, 1.54) is 0 Å². The van der Waals surface area contributed by atoms with Crippen LogP contribution >= 0.6 is 0 Å². The number of carbonyl (C=O) groups excluding carboxylic acids is 4. The van der Waals surface area contributed by atoms with E-state index < -0.39 is 23.0 Å². The summed E-state index contributed by atoms with van der Waals surface area (Å²) < 4.78 is 26.8. The lowest BCUT2D eigenvalue weighted by Gasteiger charge is -2.25. The van der Waals surface area contributed by atoms with Gasteiger partial charge in [0.1, 0.15) is 11.6 Å². The molecule has 1 amide bonds. The molecule has 2 aliphatic carbocycles. The van der Waals surface area contributed by atoms with Crippen LogP contribution in [0.2, 0.25) is 0 Å². The highest BCUT2D eigenvalue weighted by atomic mass is 19.1. The van der Waals surface area contributed by atoms with Crippen molar-refractivity contribution in [1.82, 2.24) is 5.32 Å².